The fourth-order valence-corrected chi connectivity index (χ4v) is 3.47. The summed E-state index contributed by atoms with van der Waals surface area (Å²) < 4.78 is 11.3. The van der Waals surface area contributed by atoms with Crippen LogP contribution in [-0.2, 0) is 10.2 Å². The van der Waals surface area contributed by atoms with Crippen molar-refractivity contribution in [2.75, 3.05) is 13.2 Å². The molecule has 2 fully saturated rings. The summed E-state index contributed by atoms with van der Waals surface area (Å²) in [5.41, 5.74) is 2.61. The molecule has 0 amide bonds. The molecule has 2 aromatic rings. The molecule has 1 aliphatic heterocycles. The summed E-state index contributed by atoms with van der Waals surface area (Å²) in [5.74, 6) is 1.44. The molecule has 0 N–H and O–H groups in total. The van der Waals surface area contributed by atoms with Crippen molar-refractivity contribution in [1.29, 1.82) is 0 Å². The lowest BCUT2D eigenvalue weighted by Gasteiger charge is -2.11. The summed E-state index contributed by atoms with van der Waals surface area (Å²) in [7, 11) is 0. The van der Waals surface area contributed by atoms with Gasteiger partial charge >= 0.3 is 0 Å². The number of hydrogen-bond donors (Lipinski definition) is 0. The smallest absolute Gasteiger partial charge is 0.134 e. The number of hydrogen-bond acceptors (Lipinski definition) is 2. The average Bonchev–Trinajstić information content (AvgIpc) is 2.78. The lowest BCUT2D eigenvalue weighted by atomic mass is 9.93. The van der Waals surface area contributed by atoms with Gasteiger partial charge in [-0.1, -0.05) is 25.1 Å². The zero-order valence-corrected chi connectivity index (χ0v) is 9.27. The van der Waals surface area contributed by atoms with Crippen molar-refractivity contribution < 1.29 is 9.15 Å². The summed E-state index contributed by atoms with van der Waals surface area (Å²) in [4.78, 5) is 0. The maximum Gasteiger partial charge on any atom is 0.134 e. The minimum atomic E-state index is 0.257. The molecule has 2 heterocycles. The molecule has 1 aromatic carbocycles. The molecule has 2 nitrogen and oxygen atoms in total. The van der Waals surface area contributed by atoms with Crippen LogP contribution in [0.3, 0.4) is 0 Å². The van der Waals surface area contributed by atoms with Gasteiger partial charge in [-0.2, -0.15) is 0 Å². The fraction of sp³-hybridized carbons (Fsp3) is 0.429. The molecule has 2 aliphatic rings. The highest BCUT2D eigenvalue weighted by molar-refractivity contribution is 5.83. The Kier molecular flexibility index (Phi) is 1.48. The van der Waals surface area contributed by atoms with E-state index in [-0.39, 0.29) is 5.41 Å². The van der Waals surface area contributed by atoms with Gasteiger partial charge in [-0.05, 0) is 17.9 Å². The Hall–Kier alpha value is -1.28. The van der Waals surface area contributed by atoms with Crippen molar-refractivity contribution in [1.82, 2.24) is 0 Å². The topological polar surface area (TPSA) is 22.4 Å². The monoisotopic (exact) mass is 214 g/mol. The van der Waals surface area contributed by atoms with Gasteiger partial charge < -0.3 is 9.15 Å². The Labute approximate surface area is 94.2 Å². The molecule has 0 spiro atoms. The molecule has 1 aliphatic carbocycles. The molecular weight excluding hydrogens is 200 g/mol. The van der Waals surface area contributed by atoms with E-state index in [1.165, 1.54) is 10.9 Å². The largest absolute Gasteiger partial charge is 0.464 e. The number of benzene rings is 1. The molecule has 4 rings (SSSR count). The number of rotatable bonds is 1. The Morgan fingerprint density at radius 3 is 3.00 bits per heavy atom. The van der Waals surface area contributed by atoms with Crippen molar-refractivity contribution in [2.24, 2.45) is 11.8 Å². The number of ether oxygens (including phenoxy) is 1. The molecule has 0 radical (unpaired) electrons. The third kappa shape index (κ3) is 0.836. The van der Waals surface area contributed by atoms with Gasteiger partial charge in [0.15, 0.2) is 0 Å². The zero-order valence-electron chi connectivity index (χ0n) is 9.27. The summed E-state index contributed by atoms with van der Waals surface area (Å²) in [6.45, 7) is 4.11. The van der Waals surface area contributed by atoms with Crippen molar-refractivity contribution >= 4 is 11.0 Å². The summed E-state index contributed by atoms with van der Waals surface area (Å²) in [6, 6.07) is 8.29. The Bertz CT molecular complexity index is 557. The van der Waals surface area contributed by atoms with E-state index in [0.717, 1.165) is 24.7 Å². The standard InChI is InChI=1S/C14H14O2/c1-9-11-6-15-8-14(9,11)12-7-16-13-5-3-2-4-10(12)13/h2-5,7,9,11H,6,8H2,1H3. The van der Waals surface area contributed by atoms with E-state index in [1.54, 1.807) is 0 Å². The maximum absolute atomic E-state index is 5.65. The molecule has 2 heteroatoms. The van der Waals surface area contributed by atoms with Crippen LogP contribution in [0.1, 0.15) is 12.5 Å². The first-order valence-corrected chi connectivity index (χ1v) is 5.88. The van der Waals surface area contributed by atoms with Gasteiger partial charge in [-0.3, -0.25) is 0 Å². The second-order valence-corrected chi connectivity index (χ2v) is 5.10. The highest BCUT2D eigenvalue weighted by Crippen LogP contribution is 2.64. The quantitative estimate of drug-likeness (QED) is 0.728. The molecule has 1 saturated heterocycles. The Balaban J connectivity index is 1.94. The van der Waals surface area contributed by atoms with Crippen molar-refractivity contribution in [3.8, 4) is 0 Å². The van der Waals surface area contributed by atoms with E-state index in [1.807, 2.05) is 18.4 Å². The molecule has 3 unspecified atom stereocenters. The molecule has 1 aromatic heterocycles. The van der Waals surface area contributed by atoms with Crippen LogP contribution in [0.5, 0.6) is 0 Å². The molecular formula is C14H14O2. The Morgan fingerprint density at radius 2 is 2.19 bits per heavy atom. The summed E-state index contributed by atoms with van der Waals surface area (Å²) in [5, 5.41) is 1.27. The highest BCUT2D eigenvalue weighted by atomic mass is 16.5. The lowest BCUT2D eigenvalue weighted by Crippen LogP contribution is -2.13. The second kappa shape index (κ2) is 2.69. The first-order chi connectivity index (χ1) is 7.84. The van der Waals surface area contributed by atoms with E-state index in [9.17, 15) is 0 Å². The van der Waals surface area contributed by atoms with Gasteiger partial charge in [0.1, 0.15) is 5.58 Å². The van der Waals surface area contributed by atoms with Crippen LogP contribution in [0, 0.1) is 11.8 Å². The van der Waals surface area contributed by atoms with Gasteiger partial charge in [0.25, 0.3) is 0 Å². The third-order valence-electron chi connectivity index (χ3n) is 4.59. The van der Waals surface area contributed by atoms with Gasteiger partial charge in [-0.15, -0.1) is 0 Å². The van der Waals surface area contributed by atoms with Crippen LogP contribution < -0.4 is 0 Å². The highest BCUT2D eigenvalue weighted by Gasteiger charge is 2.67. The summed E-state index contributed by atoms with van der Waals surface area (Å²) in [6.07, 6.45) is 1.94. The predicted octanol–water partition coefficient (Wildman–Crippen LogP) is 2.97. The minimum Gasteiger partial charge on any atom is -0.464 e. The first kappa shape index (κ1) is 8.82. The predicted molar refractivity (Wildman–Crippen MR) is 61.4 cm³/mol. The van der Waals surface area contributed by atoms with E-state index < -0.39 is 0 Å². The molecule has 16 heavy (non-hydrogen) atoms. The molecule has 1 saturated carbocycles. The zero-order chi connectivity index (χ0) is 10.8. The van der Waals surface area contributed by atoms with Crippen molar-refractivity contribution in [3.05, 3.63) is 36.1 Å². The van der Waals surface area contributed by atoms with Gasteiger partial charge in [0.2, 0.25) is 0 Å². The van der Waals surface area contributed by atoms with Crippen LogP contribution in [-0.4, -0.2) is 13.2 Å². The Morgan fingerprint density at radius 1 is 1.31 bits per heavy atom. The SMILES string of the molecule is CC1C2COCC12c1coc2ccccc12. The maximum atomic E-state index is 5.65. The first-order valence-electron chi connectivity index (χ1n) is 5.88. The normalized spacial score (nSPS) is 36.6. The van der Waals surface area contributed by atoms with E-state index in [2.05, 4.69) is 19.1 Å². The lowest BCUT2D eigenvalue weighted by molar-refractivity contribution is 0.147. The van der Waals surface area contributed by atoms with Crippen LogP contribution >= 0.6 is 0 Å². The molecule has 82 valence electrons. The number of para-hydroxylation sites is 1. The minimum absolute atomic E-state index is 0.257. The summed E-state index contributed by atoms with van der Waals surface area (Å²) >= 11 is 0. The van der Waals surface area contributed by atoms with Crippen LogP contribution in [0.4, 0.5) is 0 Å². The second-order valence-electron chi connectivity index (χ2n) is 5.10. The van der Waals surface area contributed by atoms with Crippen molar-refractivity contribution in [3.63, 3.8) is 0 Å². The van der Waals surface area contributed by atoms with E-state index in [0.29, 0.717) is 5.92 Å². The van der Waals surface area contributed by atoms with Gasteiger partial charge in [0, 0.05) is 16.4 Å². The van der Waals surface area contributed by atoms with Crippen LogP contribution in [0.25, 0.3) is 11.0 Å². The third-order valence-corrected chi connectivity index (χ3v) is 4.59. The molecule has 0 bridgehead atoms. The average molecular weight is 214 g/mol. The molecule has 3 atom stereocenters. The van der Waals surface area contributed by atoms with Crippen LogP contribution in [0.2, 0.25) is 0 Å². The van der Waals surface area contributed by atoms with E-state index in [4.69, 9.17) is 9.15 Å². The van der Waals surface area contributed by atoms with Crippen LogP contribution in [0.15, 0.2) is 34.9 Å². The van der Waals surface area contributed by atoms with Crippen molar-refractivity contribution in [2.45, 2.75) is 12.3 Å². The number of fused-ring (bicyclic) bond motifs is 2. The fourth-order valence-electron chi connectivity index (χ4n) is 3.47. The van der Waals surface area contributed by atoms with E-state index >= 15 is 0 Å². The van der Waals surface area contributed by atoms with Gasteiger partial charge in [0.05, 0.1) is 19.5 Å². The number of furan rings is 1. The van der Waals surface area contributed by atoms with Gasteiger partial charge in [-0.25, -0.2) is 0 Å².